The van der Waals surface area contributed by atoms with Gasteiger partial charge in [0.15, 0.2) is 6.04 Å². The molecule has 0 saturated heterocycles. The number of amides is 1. The maximum atomic E-state index is 12.0. The lowest BCUT2D eigenvalue weighted by Crippen LogP contribution is -2.51. The molecule has 22 heavy (non-hydrogen) atoms. The SMILES string of the molecule is COC(=O)[C@H](CO)NC(=O)[C@@H](N)Cc1c[nH]c2ccccc12. The highest BCUT2D eigenvalue weighted by atomic mass is 16.5. The summed E-state index contributed by atoms with van der Waals surface area (Å²) in [5.41, 5.74) is 7.76. The summed E-state index contributed by atoms with van der Waals surface area (Å²) in [6, 6.07) is 5.76. The fourth-order valence-electron chi connectivity index (χ4n) is 2.23. The summed E-state index contributed by atoms with van der Waals surface area (Å²) in [6.45, 7) is -0.543. The maximum Gasteiger partial charge on any atom is 0.330 e. The number of methoxy groups -OCH3 is 1. The number of nitrogens with two attached hydrogens (primary N) is 1. The van der Waals surface area contributed by atoms with Crippen LogP contribution in [-0.2, 0) is 20.7 Å². The third kappa shape index (κ3) is 3.44. The van der Waals surface area contributed by atoms with Crippen molar-refractivity contribution in [1.82, 2.24) is 10.3 Å². The number of H-pyrrole nitrogens is 1. The molecule has 0 aliphatic rings. The number of aromatic nitrogens is 1. The van der Waals surface area contributed by atoms with Gasteiger partial charge in [-0.15, -0.1) is 0 Å². The molecule has 1 heterocycles. The normalized spacial score (nSPS) is 13.6. The number of hydrogen-bond donors (Lipinski definition) is 4. The van der Waals surface area contributed by atoms with Crippen molar-refractivity contribution in [3.05, 3.63) is 36.0 Å². The van der Waals surface area contributed by atoms with E-state index in [0.29, 0.717) is 6.42 Å². The van der Waals surface area contributed by atoms with Crippen molar-refractivity contribution in [2.24, 2.45) is 5.73 Å². The van der Waals surface area contributed by atoms with Crippen LogP contribution in [0, 0.1) is 0 Å². The molecule has 0 unspecified atom stereocenters. The van der Waals surface area contributed by atoms with Crippen LogP contribution in [0.5, 0.6) is 0 Å². The number of carbonyl (C=O) groups is 2. The average Bonchev–Trinajstić information content (AvgIpc) is 2.94. The third-order valence-electron chi connectivity index (χ3n) is 3.44. The first-order valence-electron chi connectivity index (χ1n) is 6.86. The Hall–Kier alpha value is -2.38. The second-order valence-corrected chi connectivity index (χ2v) is 4.94. The molecule has 1 amide bonds. The van der Waals surface area contributed by atoms with E-state index in [4.69, 9.17) is 10.8 Å². The summed E-state index contributed by atoms with van der Waals surface area (Å²) in [7, 11) is 1.18. The lowest BCUT2D eigenvalue weighted by Gasteiger charge is -2.17. The Morgan fingerprint density at radius 1 is 1.41 bits per heavy atom. The predicted octanol–water partition coefficient (Wildman–Crippen LogP) is -0.312. The summed E-state index contributed by atoms with van der Waals surface area (Å²) < 4.78 is 4.49. The molecular formula is C15H19N3O4. The Bertz CT molecular complexity index is 668. The monoisotopic (exact) mass is 305 g/mol. The second-order valence-electron chi connectivity index (χ2n) is 4.94. The van der Waals surface area contributed by atoms with E-state index in [2.05, 4.69) is 15.0 Å². The molecule has 2 rings (SSSR count). The Balaban J connectivity index is 2.03. The number of benzene rings is 1. The highest BCUT2D eigenvalue weighted by Crippen LogP contribution is 2.18. The van der Waals surface area contributed by atoms with E-state index in [1.165, 1.54) is 7.11 Å². The molecule has 0 radical (unpaired) electrons. The van der Waals surface area contributed by atoms with Gasteiger partial charge >= 0.3 is 5.97 Å². The van der Waals surface area contributed by atoms with Crippen LogP contribution in [0.1, 0.15) is 5.56 Å². The van der Waals surface area contributed by atoms with E-state index in [1.807, 2.05) is 30.5 Å². The van der Waals surface area contributed by atoms with Crippen molar-refractivity contribution in [2.75, 3.05) is 13.7 Å². The van der Waals surface area contributed by atoms with Crippen molar-refractivity contribution in [3.8, 4) is 0 Å². The van der Waals surface area contributed by atoms with E-state index in [1.54, 1.807) is 0 Å². The fraction of sp³-hybridized carbons (Fsp3) is 0.333. The number of rotatable bonds is 6. The molecule has 1 aromatic heterocycles. The standard InChI is InChI=1S/C15H19N3O4/c1-22-15(21)13(8-19)18-14(20)11(16)6-9-7-17-12-5-3-2-4-10(9)12/h2-5,7,11,13,17,19H,6,8,16H2,1H3,(H,18,20)/t11-,13-/m0/s1. The van der Waals surface area contributed by atoms with Crippen molar-refractivity contribution >= 4 is 22.8 Å². The van der Waals surface area contributed by atoms with E-state index in [-0.39, 0.29) is 0 Å². The lowest BCUT2D eigenvalue weighted by molar-refractivity contribution is -0.146. The zero-order chi connectivity index (χ0) is 16.1. The minimum Gasteiger partial charge on any atom is -0.467 e. The fourth-order valence-corrected chi connectivity index (χ4v) is 2.23. The highest BCUT2D eigenvalue weighted by Gasteiger charge is 2.24. The van der Waals surface area contributed by atoms with Gasteiger partial charge in [-0.05, 0) is 18.1 Å². The van der Waals surface area contributed by atoms with E-state index >= 15 is 0 Å². The number of aromatic amines is 1. The Morgan fingerprint density at radius 2 is 2.14 bits per heavy atom. The molecule has 0 spiro atoms. The lowest BCUT2D eigenvalue weighted by atomic mass is 10.0. The number of hydrogen-bond acceptors (Lipinski definition) is 5. The first-order chi connectivity index (χ1) is 10.6. The maximum absolute atomic E-state index is 12.0. The molecule has 0 bridgehead atoms. The smallest absolute Gasteiger partial charge is 0.330 e. The van der Waals surface area contributed by atoms with Crippen LogP contribution in [-0.4, -0.2) is 47.8 Å². The van der Waals surface area contributed by atoms with Crippen LogP contribution in [0.4, 0.5) is 0 Å². The second kappa shape index (κ2) is 7.06. The first kappa shape index (κ1) is 16.0. The summed E-state index contributed by atoms with van der Waals surface area (Å²) in [5.74, 6) is -1.23. The molecule has 0 fully saturated rings. The van der Waals surface area contributed by atoms with Gasteiger partial charge in [0.2, 0.25) is 5.91 Å². The number of ether oxygens (including phenoxy) is 1. The number of esters is 1. The van der Waals surface area contributed by atoms with Gasteiger partial charge in [-0.1, -0.05) is 18.2 Å². The Kier molecular flexibility index (Phi) is 5.13. The van der Waals surface area contributed by atoms with Gasteiger partial charge < -0.3 is 25.9 Å². The van der Waals surface area contributed by atoms with Gasteiger partial charge in [0.25, 0.3) is 0 Å². The molecule has 7 heteroatoms. The van der Waals surface area contributed by atoms with Gasteiger partial charge in [0.1, 0.15) is 0 Å². The Labute approximate surface area is 127 Å². The number of nitrogens with one attached hydrogen (secondary N) is 2. The number of carbonyl (C=O) groups excluding carboxylic acids is 2. The third-order valence-corrected chi connectivity index (χ3v) is 3.44. The predicted molar refractivity (Wildman–Crippen MR) is 81.0 cm³/mol. The zero-order valence-electron chi connectivity index (χ0n) is 12.2. The molecule has 0 aliphatic carbocycles. The van der Waals surface area contributed by atoms with Gasteiger partial charge in [0.05, 0.1) is 19.8 Å². The van der Waals surface area contributed by atoms with Crippen LogP contribution in [0.15, 0.2) is 30.5 Å². The van der Waals surface area contributed by atoms with Crippen molar-refractivity contribution < 1.29 is 19.4 Å². The van der Waals surface area contributed by atoms with Crippen LogP contribution in [0.25, 0.3) is 10.9 Å². The molecule has 2 atom stereocenters. The molecule has 0 aliphatic heterocycles. The first-order valence-corrected chi connectivity index (χ1v) is 6.86. The molecular weight excluding hydrogens is 286 g/mol. The van der Waals surface area contributed by atoms with E-state index < -0.39 is 30.6 Å². The van der Waals surface area contributed by atoms with Gasteiger partial charge in [-0.25, -0.2) is 4.79 Å². The largest absolute Gasteiger partial charge is 0.467 e. The highest BCUT2D eigenvalue weighted by molar-refractivity contribution is 5.89. The quantitative estimate of drug-likeness (QED) is 0.546. The van der Waals surface area contributed by atoms with Crippen LogP contribution in [0.2, 0.25) is 0 Å². The van der Waals surface area contributed by atoms with E-state index in [9.17, 15) is 9.59 Å². The summed E-state index contributed by atoms with van der Waals surface area (Å²) >= 11 is 0. The number of aliphatic hydroxyl groups excluding tert-OH is 1. The average molecular weight is 305 g/mol. The van der Waals surface area contributed by atoms with Crippen LogP contribution >= 0.6 is 0 Å². The van der Waals surface area contributed by atoms with Crippen LogP contribution < -0.4 is 11.1 Å². The molecule has 118 valence electrons. The summed E-state index contributed by atoms with van der Waals surface area (Å²) in [6.07, 6.45) is 2.12. The molecule has 0 saturated carbocycles. The van der Waals surface area contributed by atoms with E-state index in [0.717, 1.165) is 16.5 Å². The minimum absolute atomic E-state index is 0.315. The minimum atomic E-state index is -1.11. The molecule has 5 N–H and O–H groups in total. The molecule has 1 aromatic carbocycles. The van der Waals surface area contributed by atoms with Crippen LogP contribution in [0.3, 0.4) is 0 Å². The van der Waals surface area contributed by atoms with Crippen molar-refractivity contribution in [3.63, 3.8) is 0 Å². The summed E-state index contributed by atoms with van der Waals surface area (Å²) in [4.78, 5) is 26.5. The summed E-state index contributed by atoms with van der Waals surface area (Å²) in [5, 5.41) is 12.5. The number of para-hydroxylation sites is 1. The van der Waals surface area contributed by atoms with Crippen molar-refractivity contribution in [2.45, 2.75) is 18.5 Å². The number of aliphatic hydroxyl groups is 1. The van der Waals surface area contributed by atoms with Crippen molar-refractivity contribution in [1.29, 1.82) is 0 Å². The van der Waals surface area contributed by atoms with Gasteiger partial charge in [-0.3, -0.25) is 4.79 Å². The molecule has 7 nitrogen and oxygen atoms in total. The Morgan fingerprint density at radius 3 is 2.82 bits per heavy atom. The zero-order valence-corrected chi connectivity index (χ0v) is 12.2. The van der Waals surface area contributed by atoms with Gasteiger partial charge in [0, 0.05) is 17.1 Å². The molecule has 2 aromatic rings. The number of fused-ring (bicyclic) bond motifs is 1. The van der Waals surface area contributed by atoms with Gasteiger partial charge in [-0.2, -0.15) is 0 Å². The topological polar surface area (TPSA) is 117 Å².